The van der Waals surface area contributed by atoms with Gasteiger partial charge in [0.25, 0.3) is 0 Å². The van der Waals surface area contributed by atoms with Gasteiger partial charge in [-0.05, 0) is 61.8 Å². The maximum absolute atomic E-state index is 13.5. The second kappa shape index (κ2) is 6.04. The van der Waals surface area contributed by atoms with Crippen LogP contribution in [0.25, 0.3) is 0 Å². The Labute approximate surface area is 115 Å². The number of aliphatic hydroxyl groups is 1. The maximum atomic E-state index is 13.5. The Morgan fingerprint density at radius 3 is 2.84 bits per heavy atom. The normalized spacial score (nSPS) is 28.1. The SMILES string of the molecule is CCCC1CCCC(O)(c2cc(F)ccc2C)CC1. The number of halogens is 1. The third kappa shape index (κ3) is 3.36. The molecule has 0 radical (unpaired) electrons. The summed E-state index contributed by atoms with van der Waals surface area (Å²) in [6.45, 7) is 4.18. The third-order valence-electron chi connectivity index (χ3n) is 4.57. The number of hydrogen-bond acceptors (Lipinski definition) is 1. The number of aryl methyl sites for hydroxylation is 1. The largest absolute Gasteiger partial charge is 0.385 e. The molecule has 2 atom stereocenters. The highest BCUT2D eigenvalue weighted by Gasteiger charge is 2.33. The van der Waals surface area contributed by atoms with Crippen molar-refractivity contribution in [1.82, 2.24) is 0 Å². The van der Waals surface area contributed by atoms with E-state index in [1.807, 2.05) is 6.92 Å². The Bertz CT molecular complexity index is 429. The Balaban J connectivity index is 2.20. The molecule has 0 amide bonds. The maximum Gasteiger partial charge on any atom is 0.123 e. The van der Waals surface area contributed by atoms with Crippen LogP contribution in [0.4, 0.5) is 4.39 Å². The molecule has 0 heterocycles. The predicted molar refractivity (Wildman–Crippen MR) is 76.5 cm³/mol. The van der Waals surface area contributed by atoms with Crippen LogP contribution in [0.3, 0.4) is 0 Å². The fourth-order valence-corrected chi connectivity index (χ4v) is 3.46. The summed E-state index contributed by atoms with van der Waals surface area (Å²) in [6, 6.07) is 4.77. The van der Waals surface area contributed by atoms with Crippen molar-refractivity contribution < 1.29 is 9.50 Å². The lowest BCUT2D eigenvalue weighted by Gasteiger charge is -2.29. The lowest BCUT2D eigenvalue weighted by Crippen LogP contribution is -2.26. The number of hydrogen-bond donors (Lipinski definition) is 1. The highest BCUT2D eigenvalue weighted by Crippen LogP contribution is 2.40. The summed E-state index contributed by atoms with van der Waals surface area (Å²) in [4.78, 5) is 0. The van der Waals surface area contributed by atoms with Gasteiger partial charge in [-0.2, -0.15) is 0 Å². The van der Waals surface area contributed by atoms with Crippen molar-refractivity contribution >= 4 is 0 Å². The monoisotopic (exact) mass is 264 g/mol. The van der Waals surface area contributed by atoms with Crippen molar-refractivity contribution in [3.8, 4) is 0 Å². The lowest BCUT2D eigenvalue weighted by molar-refractivity contribution is 0.0187. The van der Waals surface area contributed by atoms with E-state index >= 15 is 0 Å². The molecular weight excluding hydrogens is 239 g/mol. The molecule has 1 aromatic rings. The first-order valence-corrected chi connectivity index (χ1v) is 7.54. The van der Waals surface area contributed by atoms with Gasteiger partial charge in [0, 0.05) is 0 Å². The van der Waals surface area contributed by atoms with Crippen molar-refractivity contribution in [2.24, 2.45) is 5.92 Å². The van der Waals surface area contributed by atoms with Crippen molar-refractivity contribution in [3.63, 3.8) is 0 Å². The van der Waals surface area contributed by atoms with Crippen LogP contribution in [0, 0.1) is 18.7 Å². The Hall–Kier alpha value is -0.890. The fraction of sp³-hybridized carbons (Fsp3) is 0.647. The first kappa shape index (κ1) is 14.5. The van der Waals surface area contributed by atoms with E-state index < -0.39 is 5.60 Å². The zero-order chi connectivity index (χ0) is 13.9. The van der Waals surface area contributed by atoms with Gasteiger partial charge in [-0.25, -0.2) is 4.39 Å². The number of rotatable bonds is 3. The van der Waals surface area contributed by atoms with Gasteiger partial charge in [0.05, 0.1) is 5.60 Å². The van der Waals surface area contributed by atoms with Gasteiger partial charge in [0.2, 0.25) is 0 Å². The zero-order valence-electron chi connectivity index (χ0n) is 12.1. The molecule has 1 N–H and O–H groups in total. The average molecular weight is 264 g/mol. The van der Waals surface area contributed by atoms with Crippen molar-refractivity contribution in [1.29, 1.82) is 0 Å². The lowest BCUT2D eigenvalue weighted by atomic mass is 9.83. The minimum Gasteiger partial charge on any atom is -0.385 e. The van der Waals surface area contributed by atoms with Gasteiger partial charge in [0.1, 0.15) is 5.82 Å². The first-order valence-electron chi connectivity index (χ1n) is 7.54. The molecule has 0 aliphatic heterocycles. The summed E-state index contributed by atoms with van der Waals surface area (Å²) in [6.07, 6.45) is 7.28. The van der Waals surface area contributed by atoms with Crippen LogP contribution in [-0.2, 0) is 5.60 Å². The highest BCUT2D eigenvalue weighted by molar-refractivity contribution is 5.32. The molecule has 1 aliphatic rings. The summed E-state index contributed by atoms with van der Waals surface area (Å²) < 4.78 is 13.5. The van der Waals surface area contributed by atoms with Crippen LogP contribution < -0.4 is 0 Å². The summed E-state index contributed by atoms with van der Waals surface area (Å²) in [5, 5.41) is 10.9. The molecule has 0 aromatic heterocycles. The summed E-state index contributed by atoms with van der Waals surface area (Å²) in [5.74, 6) is 0.483. The molecule has 1 aromatic carbocycles. The quantitative estimate of drug-likeness (QED) is 0.784. The van der Waals surface area contributed by atoms with Crippen LogP contribution in [0.5, 0.6) is 0 Å². The van der Waals surface area contributed by atoms with E-state index in [-0.39, 0.29) is 5.82 Å². The first-order chi connectivity index (χ1) is 9.05. The second-order valence-electron chi connectivity index (χ2n) is 6.08. The Morgan fingerprint density at radius 2 is 2.11 bits per heavy atom. The van der Waals surface area contributed by atoms with E-state index in [0.29, 0.717) is 0 Å². The van der Waals surface area contributed by atoms with Crippen molar-refractivity contribution in [3.05, 3.63) is 35.1 Å². The van der Waals surface area contributed by atoms with Gasteiger partial charge in [-0.15, -0.1) is 0 Å². The van der Waals surface area contributed by atoms with Gasteiger partial charge in [-0.3, -0.25) is 0 Å². The minimum absolute atomic E-state index is 0.247. The summed E-state index contributed by atoms with van der Waals surface area (Å²) in [5.41, 5.74) is 0.969. The van der Waals surface area contributed by atoms with Gasteiger partial charge in [-0.1, -0.05) is 32.3 Å². The van der Waals surface area contributed by atoms with E-state index in [1.54, 1.807) is 6.07 Å². The molecule has 1 saturated carbocycles. The smallest absolute Gasteiger partial charge is 0.123 e. The topological polar surface area (TPSA) is 20.2 Å². The van der Waals surface area contributed by atoms with Gasteiger partial charge >= 0.3 is 0 Å². The second-order valence-corrected chi connectivity index (χ2v) is 6.08. The van der Waals surface area contributed by atoms with E-state index in [2.05, 4.69) is 6.92 Å². The summed E-state index contributed by atoms with van der Waals surface area (Å²) >= 11 is 0. The molecule has 0 spiro atoms. The molecule has 1 nitrogen and oxygen atoms in total. The Morgan fingerprint density at radius 1 is 1.32 bits per heavy atom. The van der Waals surface area contributed by atoms with Gasteiger partial charge in [0.15, 0.2) is 0 Å². The predicted octanol–water partition coefficient (Wildman–Crippen LogP) is 4.70. The molecule has 1 aliphatic carbocycles. The highest BCUT2D eigenvalue weighted by atomic mass is 19.1. The molecule has 1 fully saturated rings. The Kier molecular flexibility index (Phi) is 4.62. The molecule has 0 bridgehead atoms. The standard InChI is InChI=1S/C17H25FO/c1-3-5-14-6-4-10-17(19,11-9-14)16-12-15(18)8-7-13(16)2/h7-8,12,14,19H,3-6,9-11H2,1-2H3. The molecule has 2 rings (SSSR count). The van der Waals surface area contributed by atoms with E-state index in [1.165, 1.54) is 31.4 Å². The van der Waals surface area contributed by atoms with Crippen molar-refractivity contribution in [2.45, 2.75) is 64.4 Å². The van der Waals surface area contributed by atoms with Crippen LogP contribution in [-0.4, -0.2) is 5.11 Å². The van der Waals surface area contributed by atoms with Gasteiger partial charge < -0.3 is 5.11 Å². The average Bonchev–Trinajstić information content (AvgIpc) is 2.56. The van der Waals surface area contributed by atoms with Crippen LogP contribution in [0.15, 0.2) is 18.2 Å². The summed E-state index contributed by atoms with van der Waals surface area (Å²) in [7, 11) is 0. The number of benzene rings is 1. The minimum atomic E-state index is -0.825. The molecular formula is C17H25FO. The van der Waals surface area contributed by atoms with Crippen LogP contribution >= 0.6 is 0 Å². The molecule has 2 unspecified atom stereocenters. The zero-order valence-corrected chi connectivity index (χ0v) is 12.1. The van der Waals surface area contributed by atoms with E-state index in [4.69, 9.17) is 0 Å². The van der Waals surface area contributed by atoms with E-state index in [0.717, 1.165) is 42.7 Å². The molecule has 106 valence electrons. The third-order valence-corrected chi connectivity index (χ3v) is 4.57. The molecule has 2 heteroatoms. The molecule has 0 saturated heterocycles. The van der Waals surface area contributed by atoms with Crippen LogP contribution in [0.1, 0.15) is 63.0 Å². The molecule has 19 heavy (non-hydrogen) atoms. The van der Waals surface area contributed by atoms with E-state index in [9.17, 15) is 9.50 Å². The fourth-order valence-electron chi connectivity index (χ4n) is 3.46. The van der Waals surface area contributed by atoms with Crippen molar-refractivity contribution in [2.75, 3.05) is 0 Å². The van der Waals surface area contributed by atoms with Crippen LogP contribution in [0.2, 0.25) is 0 Å².